The van der Waals surface area contributed by atoms with E-state index in [0.29, 0.717) is 0 Å². The van der Waals surface area contributed by atoms with Crippen molar-refractivity contribution in [2.24, 2.45) is 5.73 Å². The smallest absolute Gasteiger partial charge is 0.124 e. The van der Waals surface area contributed by atoms with Gasteiger partial charge in [-0.05, 0) is 49.4 Å². The molecule has 2 saturated carbocycles. The Morgan fingerprint density at radius 2 is 1.80 bits per heavy atom. The summed E-state index contributed by atoms with van der Waals surface area (Å²) in [4.78, 5) is 0. The largest absolute Gasteiger partial charge is 0.324 e. The van der Waals surface area contributed by atoms with Crippen molar-refractivity contribution in [2.75, 3.05) is 0 Å². The van der Waals surface area contributed by atoms with E-state index < -0.39 is 0 Å². The van der Waals surface area contributed by atoms with Crippen molar-refractivity contribution >= 4 is 15.9 Å². The third kappa shape index (κ3) is 1.36. The van der Waals surface area contributed by atoms with E-state index in [1.54, 1.807) is 6.07 Å². The Labute approximate surface area is 97.0 Å². The minimum atomic E-state index is -0.171. The van der Waals surface area contributed by atoms with E-state index in [2.05, 4.69) is 15.9 Å². The zero-order valence-electron chi connectivity index (χ0n) is 8.39. The molecule has 3 rings (SSSR count). The molecule has 2 aliphatic carbocycles. The van der Waals surface area contributed by atoms with E-state index in [0.717, 1.165) is 35.7 Å². The third-order valence-corrected chi connectivity index (χ3v) is 4.36. The Balaban J connectivity index is 2.06. The van der Waals surface area contributed by atoms with Gasteiger partial charge in [-0.15, -0.1) is 0 Å². The third-order valence-electron chi connectivity index (χ3n) is 3.91. The first-order valence-electron chi connectivity index (χ1n) is 5.31. The van der Waals surface area contributed by atoms with Gasteiger partial charge in [0.05, 0.1) is 0 Å². The van der Waals surface area contributed by atoms with Crippen molar-refractivity contribution < 1.29 is 4.39 Å². The zero-order chi connectivity index (χ0) is 10.7. The van der Waals surface area contributed by atoms with Crippen LogP contribution in [-0.4, -0.2) is 5.54 Å². The van der Waals surface area contributed by atoms with Crippen LogP contribution in [-0.2, 0) is 5.41 Å². The van der Waals surface area contributed by atoms with Crippen molar-refractivity contribution in [1.82, 2.24) is 0 Å². The molecule has 0 aromatic heterocycles. The lowest BCUT2D eigenvalue weighted by molar-refractivity contribution is 0.499. The molecule has 0 unspecified atom stereocenters. The molecule has 2 fully saturated rings. The summed E-state index contributed by atoms with van der Waals surface area (Å²) in [7, 11) is 0. The Morgan fingerprint density at radius 3 is 2.27 bits per heavy atom. The lowest BCUT2D eigenvalue weighted by Gasteiger charge is -2.23. The SMILES string of the molecule is NC1(C2(c3cc(F)cc(Br)c3)CC2)CC1. The van der Waals surface area contributed by atoms with Crippen LogP contribution < -0.4 is 5.73 Å². The minimum Gasteiger partial charge on any atom is -0.324 e. The number of hydrogen-bond donors (Lipinski definition) is 1. The van der Waals surface area contributed by atoms with Crippen LogP contribution in [0.15, 0.2) is 22.7 Å². The lowest BCUT2D eigenvalue weighted by atomic mass is 9.86. The molecule has 3 heteroatoms. The van der Waals surface area contributed by atoms with Crippen LogP contribution in [0.25, 0.3) is 0 Å². The molecule has 2 N–H and O–H groups in total. The topological polar surface area (TPSA) is 26.0 Å². The summed E-state index contributed by atoms with van der Waals surface area (Å²) < 4.78 is 14.1. The molecule has 80 valence electrons. The molecule has 0 amide bonds. The molecule has 1 nitrogen and oxygen atoms in total. The second kappa shape index (κ2) is 2.83. The first-order valence-corrected chi connectivity index (χ1v) is 6.11. The van der Waals surface area contributed by atoms with Crippen LogP contribution in [0.4, 0.5) is 4.39 Å². The fourth-order valence-electron chi connectivity index (χ4n) is 2.64. The van der Waals surface area contributed by atoms with Gasteiger partial charge in [-0.3, -0.25) is 0 Å². The van der Waals surface area contributed by atoms with Gasteiger partial charge < -0.3 is 5.73 Å². The van der Waals surface area contributed by atoms with Gasteiger partial charge in [0.25, 0.3) is 0 Å². The standard InChI is InChI=1S/C12H13BrFN/c13-9-5-8(6-10(14)7-9)11(1-2-11)12(15)3-4-12/h5-7H,1-4,15H2. The molecule has 15 heavy (non-hydrogen) atoms. The van der Waals surface area contributed by atoms with E-state index in [1.807, 2.05) is 6.07 Å². The minimum absolute atomic E-state index is 0.0414. The lowest BCUT2D eigenvalue weighted by Crippen LogP contribution is -2.37. The molecule has 0 heterocycles. The van der Waals surface area contributed by atoms with Crippen molar-refractivity contribution in [3.05, 3.63) is 34.1 Å². The average Bonchev–Trinajstić information content (AvgIpc) is 2.96. The molecule has 0 aliphatic heterocycles. The number of hydrogen-bond acceptors (Lipinski definition) is 1. The molecule has 0 spiro atoms. The molecule has 0 atom stereocenters. The average molecular weight is 270 g/mol. The summed E-state index contributed by atoms with van der Waals surface area (Å²) in [6.45, 7) is 0. The molecule has 1 aromatic rings. The summed E-state index contributed by atoms with van der Waals surface area (Å²) in [6, 6.07) is 5.16. The maximum Gasteiger partial charge on any atom is 0.124 e. The summed E-state index contributed by atoms with van der Waals surface area (Å²) >= 11 is 3.34. The van der Waals surface area contributed by atoms with Gasteiger partial charge in [-0.2, -0.15) is 0 Å². The van der Waals surface area contributed by atoms with Crippen molar-refractivity contribution in [1.29, 1.82) is 0 Å². The number of halogens is 2. The van der Waals surface area contributed by atoms with Gasteiger partial charge in [-0.1, -0.05) is 15.9 Å². The number of benzene rings is 1. The van der Waals surface area contributed by atoms with Gasteiger partial charge in [0.15, 0.2) is 0 Å². The molecular formula is C12H13BrFN. The molecule has 0 bridgehead atoms. The Kier molecular flexibility index (Phi) is 1.85. The molecule has 2 aliphatic rings. The van der Waals surface area contributed by atoms with Gasteiger partial charge in [-0.25, -0.2) is 4.39 Å². The van der Waals surface area contributed by atoms with Crippen LogP contribution in [0.2, 0.25) is 0 Å². The highest BCUT2D eigenvalue weighted by atomic mass is 79.9. The quantitative estimate of drug-likeness (QED) is 0.878. The van der Waals surface area contributed by atoms with Gasteiger partial charge in [0, 0.05) is 15.4 Å². The van der Waals surface area contributed by atoms with Crippen molar-refractivity contribution in [3.63, 3.8) is 0 Å². The molecule has 1 aromatic carbocycles. The summed E-state index contributed by atoms with van der Waals surface area (Å²) in [5.74, 6) is -0.171. The van der Waals surface area contributed by atoms with E-state index in [4.69, 9.17) is 5.73 Å². The maximum absolute atomic E-state index is 13.3. The monoisotopic (exact) mass is 269 g/mol. The first-order chi connectivity index (χ1) is 7.06. The van der Waals surface area contributed by atoms with Crippen LogP contribution >= 0.6 is 15.9 Å². The molecule has 0 radical (unpaired) electrons. The van der Waals surface area contributed by atoms with E-state index >= 15 is 0 Å². The van der Waals surface area contributed by atoms with Crippen LogP contribution in [0.5, 0.6) is 0 Å². The van der Waals surface area contributed by atoms with Gasteiger partial charge >= 0.3 is 0 Å². The highest BCUT2D eigenvalue weighted by molar-refractivity contribution is 9.10. The van der Waals surface area contributed by atoms with E-state index in [-0.39, 0.29) is 16.8 Å². The van der Waals surface area contributed by atoms with Gasteiger partial charge in [0.2, 0.25) is 0 Å². The van der Waals surface area contributed by atoms with E-state index in [9.17, 15) is 4.39 Å². The Bertz CT molecular complexity index is 401. The second-order valence-electron chi connectivity index (χ2n) is 4.90. The highest BCUT2D eigenvalue weighted by Crippen LogP contribution is 2.63. The summed E-state index contributed by atoms with van der Waals surface area (Å²) in [5, 5.41) is 0. The van der Waals surface area contributed by atoms with Crippen LogP contribution in [0, 0.1) is 5.82 Å². The van der Waals surface area contributed by atoms with Gasteiger partial charge in [0.1, 0.15) is 5.82 Å². The normalized spacial score (nSPS) is 25.0. The van der Waals surface area contributed by atoms with Crippen LogP contribution in [0.3, 0.4) is 0 Å². The first kappa shape index (κ1) is 9.79. The maximum atomic E-state index is 13.3. The molecule has 0 saturated heterocycles. The Hall–Kier alpha value is -0.410. The highest BCUT2D eigenvalue weighted by Gasteiger charge is 2.64. The Morgan fingerprint density at radius 1 is 1.13 bits per heavy atom. The number of rotatable bonds is 2. The zero-order valence-corrected chi connectivity index (χ0v) is 9.98. The van der Waals surface area contributed by atoms with E-state index in [1.165, 1.54) is 6.07 Å². The van der Waals surface area contributed by atoms with Crippen molar-refractivity contribution in [2.45, 2.75) is 36.6 Å². The van der Waals surface area contributed by atoms with Crippen LogP contribution in [0.1, 0.15) is 31.2 Å². The summed E-state index contributed by atoms with van der Waals surface area (Å²) in [6.07, 6.45) is 4.39. The fourth-order valence-corrected chi connectivity index (χ4v) is 3.11. The predicted octanol–water partition coefficient (Wildman–Crippen LogP) is 3.11. The van der Waals surface area contributed by atoms with Crippen molar-refractivity contribution in [3.8, 4) is 0 Å². The second-order valence-corrected chi connectivity index (χ2v) is 5.81. The fraction of sp³-hybridized carbons (Fsp3) is 0.500. The number of nitrogens with two attached hydrogens (primary N) is 1. The predicted molar refractivity (Wildman–Crippen MR) is 61.2 cm³/mol. The molecular weight excluding hydrogens is 257 g/mol. The summed E-state index contributed by atoms with van der Waals surface area (Å²) in [5.41, 5.74) is 7.40.